The van der Waals surface area contributed by atoms with Gasteiger partial charge in [0, 0.05) is 37.0 Å². The van der Waals surface area contributed by atoms with E-state index in [-0.39, 0.29) is 11.9 Å². The number of thioether (sulfide) groups is 1. The van der Waals surface area contributed by atoms with E-state index >= 15 is 0 Å². The third-order valence-electron chi connectivity index (χ3n) is 4.46. The van der Waals surface area contributed by atoms with Crippen LogP contribution < -0.4 is 0 Å². The van der Waals surface area contributed by atoms with Crippen molar-refractivity contribution in [2.75, 3.05) is 33.1 Å². The van der Waals surface area contributed by atoms with Gasteiger partial charge < -0.3 is 4.74 Å². The van der Waals surface area contributed by atoms with Gasteiger partial charge in [-0.25, -0.2) is 9.37 Å². The van der Waals surface area contributed by atoms with Crippen LogP contribution >= 0.6 is 23.4 Å². The van der Waals surface area contributed by atoms with E-state index in [0.29, 0.717) is 41.5 Å². The first kappa shape index (κ1) is 19.9. The van der Waals surface area contributed by atoms with Crippen LogP contribution in [0.25, 0.3) is 0 Å². The number of imide groups is 1. The van der Waals surface area contributed by atoms with Crippen LogP contribution in [0.3, 0.4) is 0 Å². The van der Waals surface area contributed by atoms with Crippen molar-refractivity contribution in [1.82, 2.24) is 9.80 Å². The number of urea groups is 1. The molecular weight excluding hydrogens is 388 g/mol. The molecule has 1 aromatic carbocycles. The quantitative estimate of drug-likeness (QED) is 0.534. The molecule has 0 aliphatic carbocycles. The van der Waals surface area contributed by atoms with Gasteiger partial charge in [-0.15, -0.1) is 0 Å². The zero-order chi connectivity index (χ0) is 19.6. The first-order valence-corrected chi connectivity index (χ1v) is 10.0. The van der Waals surface area contributed by atoms with Crippen molar-refractivity contribution >= 4 is 46.3 Å². The van der Waals surface area contributed by atoms with Crippen LogP contribution in [0.15, 0.2) is 29.3 Å². The smallest absolute Gasteiger partial charge is 0.358 e. The Morgan fingerprint density at radius 1 is 1.26 bits per heavy atom. The SMILES string of the molecule is CCOCCSC1=[N+](Cc2ccccc2Cl)C2C(=O)N(C)C(=O)N(C)C2=N1. The van der Waals surface area contributed by atoms with Crippen LogP contribution in [-0.2, 0) is 16.1 Å². The summed E-state index contributed by atoms with van der Waals surface area (Å²) in [5, 5.41) is 1.32. The van der Waals surface area contributed by atoms with Crippen LogP contribution in [0.1, 0.15) is 12.5 Å². The zero-order valence-electron chi connectivity index (χ0n) is 15.5. The number of nitrogens with zero attached hydrogens (tertiary/aromatic N) is 4. The molecule has 1 aromatic rings. The van der Waals surface area contributed by atoms with Crippen molar-refractivity contribution in [3.05, 3.63) is 34.9 Å². The van der Waals surface area contributed by atoms with Crippen molar-refractivity contribution in [2.45, 2.75) is 19.5 Å². The Hall–Kier alpha value is -1.90. The molecule has 0 saturated carbocycles. The van der Waals surface area contributed by atoms with Gasteiger partial charge in [0.1, 0.15) is 6.54 Å². The highest BCUT2D eigenvalue weighted by Crippen LogP contribution is 2.26. The molecule has 1 atom stereocenters. The summed E-state index contributed by atoms with van der Waals surface area (Å²) in [5.74, 6) is 0.867. The van der Waals surface area contributed by atoms with E-state index in [1.54, 1.807) is 7.05 Å². The molecule has 0 N–H and O–H groups in total. The van der Waals surface area contributed by atoms with Crippen molar-refractivity contribution < 1.29 is 18.9 Å². The molecule has 7 nitrogen and oxygen atoms in total. The number of rotatable bonds is 6. The molecule has 1 unspecified atom stereocenters. The fourth-order valence-electron chi connectivity index (χ4n) is 3.00. The molecule has 1 fully saturated rings. The number of likely N-dealkylation sites (N-methyl/N-ethyl adjacent to an activating group) is 2. The second kappa shape index (κ2) is 8.41. The maximum absolute atomic E-state index is 12.8. The third kappa shape index (κ3) is 3.88. The molecule has 2 aliphatic rings. The van der Waals surface area contributed by atoms with E-state index in [2.05, 4.69) is 4.99 Å². The molecule has 3 amide bonds. The van der Waals surface area contributed by atoms with Gasteiger partial charge >= 0.3 is 11.2 Å². The van der Waals surface area contributed by atoms with Gasteiger partial charge in [-0.3, -0.25) is 14.6 Å². The standard InChI is InChI=1S/C18H22ClN4O3S/c1-4-26-9-10-27-17-20-15-14(16(24)22(3)18(25)21(15)2)23(17)11-12-7-5-6-8-13(12)19/h5-8,14H,4,9-11H2,1-3H3/q+1. The molecule has 9 heteroatoms. The summed E-state index contributed by atoms with van der Waals surface area (Å²) in [5.41, 5.74) is 0.897. The van der Waals surface area contributed by atoms with Crippen molar-refractivity contribution in [1.29, 1.82) is 0 Å². The molecule has 1 saturated heterocycles. The van der Waals surface area contributed by atoms with E-state index in [0.717, 1.165) is 10.5 Å². The van der Waals surface area contributed by atoms with E-state index in [1.165, 1.54) is 23.7 Å². The highest BCUT2D eigenvalue weighted by molar-refractivity contribution is 8.13. The van der Waals surface area contributed by atoms with E-state index in [1.807, 2.05) is 35.8 Å². The summed E-state index contributed by atoms with van der Waals surface area (Å²) in [4.78, 5) is 32.3. The minimum Gasteiger partial charge on any atom is -0.381 e. The van der Waals surface area contributed by atoms with Crippen LogP contribution in [0.5, 0.6) is 0 Å². The third-order valence-corrected chi connectivity index (χ3v) is 5.78. The number of hydrogen-bond donors (Lipinski definition) is 0. The summed E-state index contributed by atoms with van der Waals surface area (Å²) in [6.45, 7) is 3.61. The molecule has 144 valence electrons. The second-order valence-electron chi connectivity index (χ2n) is 6.16. The fourth-order valence-corrected chi connectivity index (χ4v) is 4.07. The highest BCUT2D eigenvalue weighted by atomic mass is 35.5. The van der Waals surface area contributed by atoms with Gasteiger partial charge in [-0.1, -0.05) is 29.8 Å². The normalized spacial score (nSPS) is 19.7. The highest BCUT2D eigenvalue weighted by Gasteiger charge is 2.53. The van der Waals surface area contributed by atoms with E-state index in [4.69, 9.17) is 16.3 Å². The van der Waals surface area contributed by atoms with Crippen molar-refractivity contribution in [2.24, 2.45) is 4.99 Å². The maximum Gasteiger partial charge on any atom is 0.358 e. The van der Waals surface area contributed by atoms with Crippen LogP contribution in [0.4, 0.5) is 4.79 Å². The number of amides is 3. The largest absolute Gasteiger partial charge is 0.381 e. The summed E-state index contributed by atoms with van der Waals surface area (Å²) < 4.78 is 7.31. The number of benzene rings is 1. The summed E-state index contributed by atoms with van der Waals surface area (Å²) in [6.07, 6.45) is 0. The Bertz CT molecular complexity index is 827. The Morgan fingerprint density at radius 3 is 2.70 bits per heavy atom. The molecule has 0 spiro atoms. The van der Waals surface area contributed by atoms with Gasteiger partial charge in [-0.05, 0) is 29.7 Å². The lowest BCUT2D eigenvalue weighted by atomic mass is 10.1. The maximum atomic E-state index is 12.8. The van der Waals surface area contributed by atoms with E-state index in [9.17, 15) is 9.59 Å². The summed E-state index contributed by atoms with van der Waals surface area (Å²) >= 11 is 7.84. The van der Waals surface area contributed by atoms with Crippen LogP contribution in [-0.4, -0.2) is 76.4 Å². The minimum absolute atomic E-state index is 0.288. The van der Waals surface area contributed by atoms with Gasteiger partial charge in [0.2, 0.25) is 0 Å². The molecule has 2 aliphatic heterocycles. The van der Waals surface area contributed by atoms with Crippen LogP contribution in [0.2, 0.25) is 5.02 Å². The van der Waals surface area contributed by atoms with Crippen molar-refractivity contribution in [3.8, 4) is 0 Å². The van der Waals surface area contributed by atoms with Gasteiger partial charge in [0.15, 0.2) is 0 Å². The Balaban J connectivity index is 1.94. The number of carbonyl (C=O) groups is 2. The Kier molecular flexibility index (Phi) is 6.18. The number of carbonyl (C=O) groups excluding carboxylic acids is 2. The first-order chi connectivity index (χ1) is 13.0. The minimum atomic E-state index is -0.636. The number of hydrogen-bond acceptors (Lipinski definition) is 5. The van der Waals surface area contributed by atoms with Gasteiger partial charge in [0.05, 0.1) is 6.61 Å². The lowest BCUT2D eigenvalue weighted by Gasteiger charge is -2.30. The molecule has 27 heavy (non-hydrogen) atoms. The Morgan fingerprint density at radius 2 is 2.00 bits per heavy atom. The Labute approximate surface area is 167 Å². The number of aliphatic imine (C=N–C) groups is 1. The summed E-state index contributed by atoms with van der Waals surface area (Å²) in [6, 6.07) is 6.50. The number of ether oxygens (including phenoxy) is 1. The topological polar surface area (TPSA) is 65.2 Å². The lowest BCUT2D eigenvalue weighted by Crippen LogP contribution is -2.61. The van der Waals surface area contributed by atoms with Crippen molar-refractivity contribution in [3.63, 3.8) is 0 Å². The average molecular weight is 410 g/mol. The summed E-state index contributed by atoms with van der Waals surface area (Å²) in [7, 11) is 3.13. The predicted molar refractivity (Wildman–Crippen MR) is 107 cm³/mol. The molecule has 3 rings (SSSR count). The van der Waals surface area contributed by atoms with Gasteiger partial charge in [-0.2, -0.15) is 0 Å². The predicted octanol–water partition coefficient (Wildman–Crippen LogP) is 2.28. The number of amidine groups is 2. The zero-order valence-corrected chi connectivity index (χ0v) is 17.1. The molecule has 0 aromatic heterocycles. The first-order valence-electron chi connectivity index (χ1n) is 8.67. The molecular formula is C18H22ClN4O3S+. The number of halogens is 1. The van der Waals surface area contributed by atoms with Gasteiger partial charge in [0.25, 0.3) is 17.8 Å². The second-order valence-corrected chi connectivity index (χ2v) is 7.63. The lowest BCUT2D eigenvalue weighted by molar-refractivity contribution is -0.548. The van der Waals surface area contributed by atoms with Crippen LogP contribution in [0, 0.1) is 0 Å². The average Bonchev–Trinajstić information content (AvgIpc) is 3.02. The molecule has 0 radical (unpaired) electrons. The van der Waals surface area contributed by atoms with E-state index < -0.39 is 6.04 Å². The molecule has 2 heterocycles. The fraction of sp³-hybridized carbons (Fsp3) is 0.444. The molecule has 0 bridgehead atoms. The monoisotopic (exact) mass is 409 g/mol. The number of fused-ring (bicyclic) bond motifs is 1.